The van der Waals surface area contributed by atoms with Gasteiger partial charge in [0.05, 0.1) is 0 Å². The van der Waals surface area contributed by atoms with Gasteiger partial charge in [-0.3, -0.25) is 9.59 Å². The normalized spacial score (nSPS) is 10.0. The zero-order valence-corrected chi connectivity index (χ0v) is 11.4. The first-order chi connectivity index (χ1) is 8.40. The quantitative estimate of drug-likeness (QED) is 0.850. The molecule has 2 N–H and O–H groups in total. The number of amides is 2. The maximum absolute atomic E-state index is 10.9. The Kier molecular flexibility index (Phi) is 4.89. The lowest BCUT2D eigenvalue weighted by Crippen LogP contribution is -2.21. The summed E-state index contributed by atoms with van der Waals surface area (Å²) >= 11 is 0. The van der Waals surface area contributed by atoms with E-state index < -0.39 is 0 Å². The van der Waals surface area contributed by atoms with Crippen LogP contribution in [0, 0.1) is 13.8 Å². The zero-order valence-electron chi connectivity index (χ0n) is 11.4. The van der Waals surface area contributed by atoms with Gasteiger partial charge in [-0.25, -0.2) is 0 Å². The van der Waals surface area contributed by atoms with E-state index in [1.807, 2.05) is 19.9 Å². The number of benzene rings is 1. The van der Waals surface area contributed by atoms with Gasteiger partial charge in [0.1, 0.15) is 0 Å². The Morgan fingerprint density at radius 2 is 1.28 bits per heavy atom. The van der Waals surface area contributed by atoms with Crippen LogP contribution in [0.4, 0.5) is 0 Å². The predicted molar refractivity (Wildman–Crippen MR) is 71.0 cm³/mol. The summed E-state index contributed by atoms with van der Waals surface area (Å²) in [5.74, 6) is -0.0863. The average molecular weight is 248 g/mol. The molecule has 0 aliphatic carbocycles. The zero-order chi connectivity index (χ0) is 13.7. The lowest BCUT2D eigenvalue weighted by Gasteiger charge is -2.13. The third-order valence-electron chi connectivity index (χ3n) is 2.85. The van der Waals surface area contributed by atoms with Crippen molar-refractivity contribution in [2.75, 3.05) is 0 Å². The molecule has 0 atom stereocenters. The Morgan fingerprint density at radius 1 is 0.889 bits per heavy atom. The van der Waals surface area contributed by atoms with Crippen LogP contribution in [0.1, 0.15) is 36.1 Å². The molecule has 0 aliphatic rings. The molecule has 0 spiro atoms. The summed E-state index contributed by atoms with van der Waals surface area (Å²) in [6.45, 7) is 8.09. The topological polar surface area (TPSA) is 58.2 Å². The first-order valence-electron chi connectivity index (χ1n) is 5.98. The van der Waals surface area contributed by atoms with Crippen LogP contribution in [0.15, 0.2) is 12.1 Å². The van der Waals surface area contributed by atoms with E-state index in [-0.39, 0.29) is 11.8 Å². The van der Waals surface area contributed by atoms with Crippen molar-refractivity contribution in [1.29, 1.82) is 0 Å². The van der Waals surface area contributed by atoms with Gasteiger partial charge < -0.3 is 10.6 Å². The van der Waals surface area contributed by atoms with E-state index in [4.69, 9.17) is 0 Å². The van der Waals surface area contributed by atoms with E-state index in [0.29, 0.717) is 13.1 Å². The van der Waals surface area contributed by atoms with E-state index in [0.717, 1.165) is 22.3 Å². The maximum Gasteiger partial charge on any atom is 0.217 e. The van der Waals surface area contributed by atoms with Gasteiger partial charge in [0, 0.05) is 26.9 Å². The van der Waals surface area contributed by atoms with Crippen LogP contribution in [0.2, 0.25) is 0 Å². The number of aryl methyl sites for hydroxylation is 2. The fourth-order valence-electron chi connectivity index (χ4n) is 1.77. The third kappa shape index (κ3) is 4.20. The van der Waals surface area contributed by atoms with Crippen LogP contribution in [0.5, 0.6) is 0 Å². The minimum atomic E-state index is -0.0432. The number of nitrogens with one attached hydrogen (secondary N) is 2. The fraction of sp³-hybridized carbons (Fsp3) is 0.429. The highest BCUT2D eigenvalue weighted by molar-refractivity contribution is 5.73. The van der Waals surface area contributed by atoms with E-state index in [2.05, 4.69) is 16.7 Å². The summed E-state index contributed by atoms with van der Waals surface area (Å²) in [6, 6.07) is 4.12. The number of hydrogen-bond acceptors (Lipinski definition) is 2. The molecule has 0 aliphatic heterocycles. The van der Waals surface area contributed by atoms with Gasteiger partial charge in [-0.05, 0) is 36.1 Å². The van der Waals surface area contributed by atoms with Crippen LogP contribution in [-0.4, -0.2) is 11.8 Å². The molecule has 18 heavy (non-hydrogen) atoms. The second kappa shape index (κ2) is 6.19. The van der Waals surface area contributed by atoms with Crippen molar-refractivity contribution in [2.24, 2.45) is 0 Å². The second-order valence-corrected chi connectivity index (χ2v) is 4.52. The Morgan fingerprint density at radius 3 is 1.61 bits per heavy atom. The molecule has 0 saturated carbocycles. The van der Waals surface area contributed by atoms with Crippen molar-refractivity contribution in [3.8, 4) is 0 Å². The van der Waals surface area contributed by atoms with Gasteiger partial charge in [0.2, 0.25) is 11.8 Å². The predicted octanol–water partition coefficient (Wildman–Crippen LogP) is 1.58. The highest BCUT2D eigenvalue weighted by Crippen LogP contribution is 2.16. The summed E-state index contributed by atoms with van der Waals surface area (Å²) in [7, 11) is 0. The van der Waals surface area contributed by atoms with Crippen molar-refractivity contribution in [3.63, 3.8) is 0 Å². The fourth-order valence-corrected chi connectivity index (χ4v) is 1.77. The molecule has 1 rings (SSSR count). The van der Waals surface area contributed by atoms with Crippen molar-refractivity contribution in [1.82, 2.24) is 10.6 Å². The molecular weight excluding hydrogens is 228 g/mol. The smallest absolute Gasteiger partial charge is 0.217 e. The highest BCUT2D eigenvalue weighted by Gasteiger charge is 2.06. The van der Waals surface area contributed by atoms with Gasteiger partial charge in [0.15, 0.2) is 0 Å². The Labute approximate surface area is 108 Å². The molecule has 0 aromatic heterocycles. The first-order valence-corrected chi connectivity index (χ1v) is 5.98. The molecular formula is C14H20N2O2. The van der Waals surface area contributed by atoms with Crippen LogP contribution in [-0.2, 0) is 22.7 Å². The number of carbonyl (C=O) groups is 2. The van der Waals surface area contributed by atoms with Crippen LogP contribution < -0.4 is 10.6 Å². The Balaban J connectivity index is 2.87. The van der Waals surface area contributed by atoms with Gasteiger partial charge in [-0.1, -0.05) is 12.1 Å². The number of carbonyl (C=O) groups excluding carboxylic acids is 2. The lowest BCUT2D eigenvalue weighted by molar-refractivity contribution is -0.119. The van der Waals surface area contributed by atoms with Crippen molar-refractivity contribution >= 4 is 11.8 Å². The van der Waals surface area contributed by atoms with Crippen molar-refractivity contribution in [3.05, 3.63) is 34.4 Å². The van der Waals surface area contributed by atoms with Crippen molar-refractivity contribution in [2.45, 2.75) is 40.8 Å². The molecule has 0 unspecified atom stereocenters. The lowest BCUT2D eigenvalue weighted by atomic mass is 9.99. The van der Waals surface area contributed by atoms with Gasteiger partial charge in [0.25, 0.3) is 0 Å². The molecule has 1 aromatic rings. The van der Waals surface area contributed by atoms with E-state index >= 15 is 0 Å². The van der Waals surface area contributed by atoms with E-state index in [1.54, 1.807) is 0 Å². The third-order valence-corrected chi connectivity index (χ3v) is 2.85. The number of rotatable bonds is 4. The van der Waals surface area contributed by atoms with Gasteiger partial charge >= 0.3 is 0 Å². The van der Waals surface area contributed by atoms with Crippen molar-refractivity contribution < 1.29 is 9.59 Å². The molecule has 0 fully saturated rings. The molecule has 0 heterocycles. The number of hydrogen-bond donors (Lipinski definition) is 2. The van der Waals surface area contributed by atoms with Gasteiger partial charge in [-0.15, -0.1) is 0 Å². The second-order valence-electron chi connectivity index (χ2n) is 4.52. The first kappa shape index (κ1) is 14.2. The minimum Gasteiger partial charge on any atom is -0.352 e. The van der Waals surface area contributed by atoms with E-state index in [9.17, 15) is 9.59 Å². The molecule has 0 saturated heterocycles. The molecule has 98 valence electrons. The molecule has 0 bridgehead atoms. The Bertz CT molecular complexity index is 428. The maximum atomic E-state index is 10.9. The molecule has 1 aromatic carbocycles. The average Bonchev–Trinajstić information content (AvgIpc) is 2.26. The highest BCUT2D eigenvalue weighted by atomic mass is 16.1. The summed E-state index contributed by atoms with van der Waals surface area (Å²) in [5, 5.41) is 5.58. The largest absolute Gasteiger partial charge is 0.352 e. The summed E-state index contributed by atoms with van der Waals surface area (Å²) in [5.41, 5.74) is 4.45. The molecule has 0 radical (unpaired) electrons. The van der Waals surface area contributed by atoms with Crippen LogP contribution >= 0.6 is 0 Å². The molecule has 4 nitrogen and oxygen atoms in total. The summed E-state index contributed by atoms with van der Waals surface area (Å²) < 4.78 is 0. The van der Waals surface area contributed by atoms with E-state index in [1.165, 1.54) is 13.8 Å². The Hall–Kier alpha value is -1.84. The molecule has 4 heteroatoms. The van der Waals surface area contributed by atoms with Crippen LogP contribution in [0.25, 0.3) is 0 Å². The SMILES string of the molecule is CC(=O)NCc1cc(CNC(C)=O)c(C)cc1C. The summed E-state index contributed by atoms with van der Waals surface area (Å²) in [4.78, 5) is 21.9. The van der Waals surface area contributed by atoms with Gasteiger partial charge in [-0.2, -0.15) is 0 Å². The standard InChI is InChI=1S/C14H20N2O2/c1-9-5-10(2)14(8-16-12(4)18)6-13(9)7-15-11(3)17/h5-6H,7-8H2,1-4H3,(H,15,17)(H,16,18). The summed E-state index contributed by atoms with van der Waals surface area (Å²) in [6.07, 6.45) is 0. The monoisotopic (exact) mass is 248 g/mol. The molecule has 2 amide bonds. The van der Waals surface area contributed by atoms with Crippen LogP contribution in [0.3, 0.4) is 0 Å². The minimum absolute atomic E-state index is 0.0432.